The highest BCUT2D eigenvalue weighted by molar-refractivity contribution is 5.98. The molecule has 0 spiro atoms. The number of aliphatic carboxylic acids is 1. The topological polar surface area (TPSA) is 95.9 Å². The number of rotatable bonds is 4. The van der Waals surface area contributed by atoms with E-state index in [9.17, 15) is 14.4 Å². The molecular weight excluding hydrogens is 336 g/mol. The lowest BCUT2D eigenvalue weighted by Gasteiger charge is -2.35. The average Bonchev–Trinajstić information content (AvgIpc) is 2.58. The van der Waals surface area contributed by atoms with E-state index in [1.54, 1.807) is 31.2 Å². The first kappa shape index (κ1) is 19.9. The third-order valence-electron chi connectivity index (χ3n) is 4.00. The van der Waals surface area contributed by atoms with E-state index in [0.717, 1.165) is 0 Å². The molecule has 26 heavy (non-hydrogen) atoms. The van der Waals surface area contributed by atoms with Gasteiger partial charge in [0.05, 0.1) is 12.6 Å². The highest BCUT2D eigenvalue weighted by Gasteiger charge is 2.33. The van der Waals surface area contributed by atoms with Gasteiger partial charge in [-0.1, -0.05) is 20.8 Å². The van der Waals surface area contributed by atoms with Crippen LogP contribution in [0.1, 0.15) is 48.4 Å². The first-order valence-electron chi connectivity index (χ1n) is 8.62. The Morgan fingerprint density at radius 2 is 1.73 bits per heavy atom. The highest BCUT2D eigenvalue weighted by atomic mass is 16.5. The smallest absolute Gasteiger partial charge is 0.334 e. The lowest BCUT2D eigenvalue weighted by atomic mass is 9.97. The summed E-state index contributed by atoms with van der Waals surface area (Å²) < 4.78 is 5.32. The van der Waals surface area contributed by atoms with Crippen LogP contribution in [0.5, 0.6) is 0 Å². The zero-order valence-electron chi connectivity index (χ0n) is 15.6. The largest absolute Gasteiger partial charge is 0.479 e. The van der Waals surface area contributed by atoms with E-state index in [2.05, 4.69) is 5.32 Å². The van der Waals surface area contributed by atoms with Crippen LogP contribution in [-0.2, 0) is 9.53 Å². The number of nitrogens with zero attached hydrogens (tertiary/aromatic N) is 1. The van der Waals surface area contributed by atoms with E-state index in [1.807, 2.05) is 20.8 Å². The van der Waals surface area contributed by atoms with Gasteiger partial charge in [0.1, 0.15) is 0 Å². The van der Waals surface area contributed by atoms with Crippen LogP contribution in [0.3, 0.4) is 0 Å². The molecule has 2 amide bonds. The van der Waals surface area contributed by atoms with Gasteiger partial charge in [-0.25, -0.2) is 4.79 Å². The second kappa shape index (κ2) is 7.86. The Morgan fingerprint density at radius 3 is 2.27 bits per heavy atom. The summed E-state index contributed by atoms with van der Waals surface area (Å²) in [4.78, 5) is 37.4. The van der Waals surface area contributed by atoms with Crippen molar-refractivity contribution in [3.05, 3.63) is 35.4 Å². The molecule has 2 rings (SSSR count). The molecule has 7 heteroatoms. The van der Waals surface area contributed by atoms with E-state index in [0.29, 0.717) is 24.2 Å². The molecule has 0 bridgehead atoms. The molecule has 0 saturated carbocycles. The predicted octanol–water partition coefficient (Wildman–Crippen LogP) is 1.78. The summed E-state index contributed by atoms with van der Waals surface area (Å²) in [6, 6.07) is 6.38. The lowest BCUT2D eigenvalue weighted by Crippen LogP contribution is -2.51. The Kier molecular flexibility index (Phi) is 6.02. The van der Waals surface area contributed by atoms with Gasteiger partial charge in [0.25, 0.3) is 11.8 Å². The van der Waals surface area contributed by atoms with Gasteiger partial charge in [0.15, 0.2) is 6.10 Å². The first-order chi connectivity index (χ1) is 12.1. The molecule has 1 fully saturated rings. The van der Waals surface area contributed by atoms with Gasteiger partial charge in [0, 0.05) is 24.2 Å². The predicted molar refractivity (Wildman–Crippen MR) is 96.1 cm³/mol. The second-order valence-corrected chi connectivity index (χ2v) is 7.80. The normalized spacial score (nSPS) is 20.5. The molecule has 1 unspecified atom stereocenters. The fraction of sp³-hybridized carbons (Fsp3) is 0.526. The van der Waals surface area contributed by atoms with Gasteiger partial charge < -0.3 is 20.1 Å². The Balaban J connectivity index is 2.04. The average molecular weight is 362 g/mol. The fourth-order valence-electron chi connectivity index (χ4n) is 2.65. The number of carboxylic acids is 1. The Bertz CT molecular complexity index is 678. The quantitative estimate of drug-likeness (QED) is 0.851. The summed E-state index contributed by atoms with van der Waals surface area (Å²) in [5, 5.41) is 12.0. The van der Waals surface area contributed by atoms with Crippen molar-refractivity contribution in [2.75, 3.05) is 19.6 Å². The summed E-state index contributed by atoms with van der Waals surface area (Å²) >= 11 is 0. The molecule has 1 aromatic rings. The number of hydrogen-bond acceptors (Lipinski definition) is 4. The van der Waals surface area contributed by atoms with Crippen molar-refractivity contribution in [2.24, 2.45) is 5.41 Å². The fourth-order valence-corrected chi connectivity index (χ4v) is 2.65. The van der Waals surface area contributed by atoms with E-state index in [-0.39, 0.29) is 29.9 Å². The number of benzene rings is 1. The van der Waals surface area contributed by atoms with Gasteiger partial charge in [-0.2, -0.15) is 0 Å². The van der Waals surface area contributed by atoms with Crippen molar-refractivity contribution < 1.29 is 24.2 Å². The van der Waals surface area contributed by atoms with Gasteiger partial charge in [-0.15, -0.1) is 0 Å². The molecule has 1 aliphatic heterocycles. The second-order valence-electron chi connectivity index (χ2n) is 7.80. The molecule has 1 heterocycles. The Hall–Kier alpha value is -2.41. The van der Waals surface area contributed by atoms with Crippen LogP contribution in [-0.4, -0.2) is 59.6 Å². The van der Waals surface area contributed by atoms with Crippen LogP contribution in [0.25, 0.3) is 0 Å². The molecule has 2 N–H and O–H groups in total. The number of carbonyl (C=O) groups excluding carboxylic acids is 2. The van der Waals surface area contributed by atoms with Crippen molar-refractivity contribution in [1.29, 1.82) is 0 Å². The minimum absolute atomic E-state index is 0.00628. The number of carbonyl (C=O) groups is 3. The Labute approximate surface area is 153 Å². The van der Waals surface area contributed by atoms with Crippen molar-refractivity contribution in [1.82, 2.24) is 10.2 Å². The van der Waals surface area contributed by atoms with E-state index < -0.39 is 12.1 Å². The number of carboxylic acid groups (broad SMARTS) is 1. The van der Waals surface area contributed by atoms with Crippen LogP contribution >= 0.6 is 0 Å². The molecule has 7 nitrogen and oxygen atoms in total. The molecule has 0 aromatic heterocycles. The maximum atomic E-state index is 12.6. The molecule has 142 valence electrons. The maximum Gasteiger partial charge on any atom is 0.334 e. The van der Waals surface area contributed by atoms with Crippen LogP contribution < -0.4 is 5.32 Å². The van der Waals surface area contributed by atoms with Crippen LogP contribution in [0, 0.1) is 5.41 Å². The molecular formula is C19H26N2O5. The third kappa shape index (κ3) is 5.29. The zero-order chi connectivity index (χ0) is 19.5. The molecule has 1 aromatic carbocycles. The molecule has 2 atom stereocenters. The standard InChI is InChI=1S/C19H26N2O5/c1-12-9-21(10-15(26-12)18(24)25)17(23)14-7-5-13(6-8-14)16(22)20-11-19(2,3)4/h5-8,12,15H,9-11H2,1-4H3,(H,20,22)(H,24,25)/t12-,15?/m1/s1. The number of hydrogen-bond donors (Lipinski definition) is 2. The molecule has 0 radical (unpaired) electrons. The zero-order valence-corrected chi connectivity index (χ0v) is 15.6. The van der Waals surface area contributed by atoms with Crippen molar-refractivity contribution in [3.8, 4) is 0 Å². The van der Waals surface area contributed by atoms with Gasteiger partial charge in [-0.3, -0.25) is 9.59 Å². The third-order valence-corrected chi connectivity index (χ3v) is 4.00. The number of nitrogens with one attached hydrogen (secondary N) is 1. The minimum atomic E-state index is -1.08. The lowest BCUT2D eigenvalue weighted by molar-refractivity contribution is -0.160. The van der Waals surface area contributed by atoms with Crippen molar-refractivity contribution in [3.63, 3.8) is 0 Å². The van der Waals surface area contributed by atoms with Gasteiger partial charge in [-0.05, 0) is 36.6 Å². The molecule has 1 aliphatic rings. The van der Waals surface area contributed by atoms with E-state index in [1.165, 1.54) is 4.90 Å². The summed E-state index contributed by atoms with van der Waals surface area (Å²) in [7, 11) is 0. The summed E-state index contributed by atoms with van der Waals surface area (Å²) in [5.74, 6) is -1.54. The first-order valence-corrected chi connectivity index (χ1v) is 8.62. The van der Waals surface area contributed by atoms with Crippen molar-refractivity contribution in [2.45, 2.75) is 39.9 Å². The Morgan fingerprint density at radius 1 is 1.15 bits per heavy atom. The van der Waals surface area contributed by atoms with Crippen LogP contribution in [0.2, 0.25) is 0 Å². The minimum Gasteiger partial charge on any atom is -0.479 e. The summed E-state index contributed by atoms with van der Waals surface area (Å²) in [5.41, 5.74) is 0.874. The number of amides is 2. The van der Waals surface area contributed by atoms with E-state index >= 15 is 0 Å². The molecule has 1 saturated heterocycles. The monoisotopic (exact) mass is 362 g/mol. The SMILES string of the molecule is C[C@@H]1CN(C(=O)c2ccc(C(=O)NCC(C)(C)C)cc2)CC(C(=O)O)O1. The summed E-state index contributed by atoms with van der Waals surface area (Å²) in [6.07, 6.45) is -1.37. The number of morpholine rings is 1. The van der Waals surface area contributed by atoms with E-state index in [4.69, 9.17) is 9.84 Å². The van der Waals surface area contributed by atoms with Gasteiger partial charge >= 0.3 is 5.97 Å². The maximum absolute atomic E-state index is 12.6. The van der Waals surface area contributed by atoms with Crippen LogP contribution in [0.15, 0.2) is 24.3 Å². The van der Waals surface area contributed by atoms with Gasteiger partial charge in [0.2, 0.25) is 0 Å². The molecule has 0 aliphatic carbocycles. The van der Waals surface area contributed by atoms with Crippen molar-refractivity contribution >= 4 is 17.8 Å². The van der Waals surface area contributed by atoms with Crippen LogP contribution in [0.4, 0.5) is 0 Å². The summed E-state index contributed by atoms with van der Waals surface area (Å²) in [6.45, 7) is 8.71. The number of ether oxygens (including phenoxy) is 1. The highest BCUT2D eigenvalue weighted by Crippen LogP contribution is 2.16.